The number of hydrogen-bond acceptors (Lipinski definition) is 5. The van der Waals surface area contributed by atoms with Crippen molar-refractivity contribution >= 4 is 47.1 Å². The van der Waals surface area contributed by atoms with Crippen LogP contribution in [0, 0.1) is 6.92 Å². The molecule has 0 aliphatic heterocycles. The average Bonchev–Trinajstić information content (AvgIpc) is 3.40. The van der Waals surface area contributed by atoms with Gasteiger partial charge >= 0.3 is 0 Å². The third-order valence-electron chi connectivity index (χ3n) is 5.21. The SMILES string of the molecule is Cc1ccc(C=NNC(=O)c2cc(Cl)ccc2NC(=O)c2cccc(CSCc3ccco3)c2)cc1. The molecule has 1 heterocycles. The molecule has 0 unspecified atom stereocenters. The van der Waals surface area contributed by atoms with E-state index in [1.807, 2.05) is 61.5 Å². The molecule has 36 heavy (non-hydrogen) atoms. The van der Waals surface area contributed by atoms with Crippen molar-refractivity contribution in [2.75, 3.05) is 5.32 Å². The molecule has 4 rings (SSSR count). The number of aryl methyl sites for hydroxylation is 1. The Kier molecular flexibility index (Phi) is 8.60. The Morgan fingerprint density at radius 3 is 2.58 bits per heavy atom. The van der Waals surface area contributed by atoms with E-state index in [1.54, 1.807) is 42.4 Å². The molecule has 0 atom stereocenters. The van der Waals surface area contributed by atoms with Crippen molar-refractivity contribution in [1.29, 1.82) is 0 Å². The summed E-state index contributed by atoms with van der Waals surface area (Å²) in [6, 6.07) is 23.6. The standard InChI is InChI=1S/C28H24ClN3O3S/c1-19-7-9-20(10-8-19)16-30-32-28(34)25-15-23(29)11-12-26(25)31-27(33)22-5-2-4-21(14-22)17-36-18-24-6-3-13-35-24/h2-16H,17-18H2,1H3,(H,31,33)(H,32,34). The van der Waals surface area contributed by atoms with Crippen molar-refractivity contribution in [3.8, 4) is 0 Å². The second kappa shape index (κ2) is 12.2. The Morgan fingerprint density at radius 1 is 0.972 bits per heavy atom. The molecule has 4 aromatic rings. The normalized spacial score (nSPS) is 10.9. The molecule has 0 radical (unpaired) electrons. The number of nitrogens with one attached hydrogen (secondary N) is 2. The van der Waals surface area contributed by atoms with Gasteiger partial charge in [0, 0.05) is 16.3 Å². The minimum Gasteiger partial charge on any atom is -0.468 e. The predicted octanol–water partition coefficient (Wildman–Crippen LogP) is 6.69. The van der Waals surface area contributed by atoms with Gasteiger partial charge in [0.2, 0.25) is 0 Å². The number of hydrogen-bond donors (Lipinski definition) is 2. The fourth-order valence-electron chi connectivity index (χ4n) is 3.35. The molecule has 0 saturated heterocycles. The lowest BCUT2D eigenvalue weighted by atomic mass is 10.1. The highest BCUT2D eigenvalue weighted by atomic mass is 35.5. The molecule has 182 valence electrons. The third kappa shape index (κ3) is 7.10. The minimum atomic E-state index is -0.487. The van der Waals surface area contributed by atoms with E-state index < -0.39 is 5.91 Å². The van der Waals surface area contributed by atoms with Crippen molar-refractivity contribution in [1.82, 2.24) is 5.43 Å². The lowest BCUT2D eigenvalue weighted by molar-refractivity contribution is 0.0956. The van der Waals surface area contributed by atoms with Crippen LogP contribution in [0.15, 0.2) is 94.6 Å². The Hall–Kier alpha value is -3.81. The first kappa shape index (κ1) is 25.3. The van der Waals surface area contributed by atoms with Gasteiger partial charge in [-0.25, -0.2) is 5.43 Å². The highest BCUT2D eigenvalue weighted by Gasteiger charge is 2.15. The zero-order valence-electron chi connectivity index (χ0n) is 19.5. The highest BCUT2D eigenvalue weighted by molar-refractivity contribution is 7.97. The first-order chi connectivity index (χ1) is 17.5. The molecule has 2 amide bonds. The summed E-state index contributed by atoms with van der Waals surface area (Å²) in [6.07, 6.45) is 3.21. The van der Waals surface area contributed by atoms with Crippen LogP contribution in [0.4, 0.5) is 5.69 Å². The molecule has 0 spiro atoms. The van der Waals surface area contributed by atoms with Gasteiger partial charge < -0.3 is 9.73 Å². The van der Waals surface area contributed by atoms with Crippen LogP contribution in [0.5, 0.6) is 0 Å². The second-order valence-corrected chi connectivity index (χ2v) is 9.45. The van der Waals surface area contributed by atoms with Crippen LogP contribution in [0.2, 0.25) is 5.02 Å². The molecular formula is C28H24ClN3O3S. The van der Waals surface area contributed by atoms with E-state index >= 15 is 0 Å². The molecule has 0 aliphatic carbocycles. The van der Waals surface area contributed by atoms with Gasteiger partial charge in [-0.15, -0.1) is 11.8 Å². The third-order valence-corrected chi connectivity index (χ3v) is 6.48. The van der Waals surface area contributed by atoms with Crippen LogP contribution < -0.4 is 10.7 Å². The van der Waals surface area contributed by atoms with E-state index in [4.69, 9.17) is 16.0 Å². The molecule has 6 nitrogen and oxygen atoms in total. The second-order valence-electron chi connectivity index (χ2n) is 8.03. The first-order valence-corrected chi connectivity index (χ1v) is 12.7. The van der Waals surface area contributed by atoms with Crippen molar-refractivity contribution in [3.63, 3.8) is 0 Å². The van der Waals surface area contributed by atoms with E-state index in [-0.39, 0.29) is 11.5 Å². The fourth-order valence-corrected chi connectivity index (χ4v) is 4.41. The summed E-state index contributed by atoms with van der Waals surface area (Å²) < 4.78 is 5.35. The van der Waals surface area contributed by atoms with Gasteiger partial charge in [0.15, 0.2) is 0 Å². The molecule has 8 heteroatoms. The summed E-state index contributed by atoms with van der Waals surface area (Å²) >= 11 is 7.82. The number of carbonyl (C=O) groups is 2. The maximum atomic E-state index is 13.0. The molecule has 0 saturated carbocycles. The van der Waals surface area contributed by atoms with Gasteiger partial charge in [0.1, 0.15) is 5.76 Å². The zero-order valence-corrected chi connectivity index (χ0v) is 21.1. The highest BCUT2D eigenvalue weighted by Crippen LogP contribution is 2.23. The largest absolute Gasteiger partial charge is 0.468 e. The van der Waals surface area contributed by atoms with Gasteiger partial charge in [0.05, 0.1) is 29.5 Å². The smallest absolute Gasteiger partial charge is 0.273 e. The lowest BCUT2D eigenvalue weighted by Crippen LogP contribution is -2.21. The molecular weight excluding hydrogens is 494 g/mol. The van der Waals surface area contributed by atoms with Crippen LogP contribution in [0.25, 0.3) is 0 Å². The number of benzene rings is 3. The number of anilines is 1. The van der Waals surface area contributed by atoms with Crippen molar-refractivity contribution in [2.24, 2.45) is 5.10 Å². The van der Waals surface area contributed by atoms with Crippen LogP contribution in [0.3, 0.4) is 0 Å². The average molecular weight is 518 g/mol. The van der Waals surface area contributed by atoms with E-state index in [0.717, 1.165) is 34.0 Å². The number of thioether (sulfide) groups is 1. The monoisotopic (exact) mass is 517 g/mol. The summed E-state index contributed by atoms with van der Waals surface area (Å²) in [4.78, 5) is 25.8. The maximum Gasteiger partial charge on any atom is 0.273 e. The minimum absolute atomic E-state index is 0.210. The summed E-state index contributed by atoms with van der Waals surface area (Å²) in [5, 5.41) is 7.22. The molecule has 1 aromatic heterocycles. The van der Waals surface area contributed by atoms with Gasteiger partial charge in [-0.05, 0) is 60.5 Å². The summed E-state index contributed by atoms with van der Waals surface area (Å²) in [5.74, 6) is 1.58. The number of amides is 2. The fraction of sp³-hybridized carbons (Fsp3) is 0.107. The van der Waals surface area contributed by atoms with Gasteiger partial charge in [0.25, 0.3) is 11.8 Å². The summed E-state index contributed by atoms with van der Waals surface area (Å²) in [6.45, 7) is 2.00. The van der Waals surface area contributed by atoms with E-state index in [2.05, 4.69) is 15.8 Å². The Bertz CT molecular complexity index is 1370. The van der Waals surface area contributed by atoms with Crippen molar-refractivity contribution in [3.05, 3.63) is 124 Å². The maximum absolute atomic E-state index is 13.0. The van der Waals surface area contributed by atoms with Gasteiger partial charge in [-0.2, -0.15) is 5.10 Å². The summed E-state index contributed by atoms with van der Waals surface area (Å²) in [5.41, 5.74) is 6.53. The molecule has 0 aliphatic rings. The number of furan rings is 1. The predicted molar refractivity (Wildman–Crippen MR) is 146 cm³/mol. The lowest BCUT2D eigenvalue weighted by Gasteiger charge is -2.11. The molecule has 3 aromatic carbocycles. The number of hydrazone groups is 1. The number of carbonyl (C=O) groups excluding carboxylic acids is 2. The first-order valence-electron chi connectivity index (χ1n) is 11.2. The molecule has 2 N–H and O–H groups in total. The quantitative estimate of drug-likeness (QED) is 0.191. The van der Waals surface area contributed by atoms with E-state index in [9.17, 15) is 9.59 Å². The Morgan fingerprint density at radius 2 is 1.81 bits per heavy atom. The van der Waals surface area contributed by atoms with Crippen LogP contribution in [0.1, 0.15) is 43.2 Å². The zero-order chi connectivity index (χ0) is 25.3. The number of nitrogens with zero attached hydrogens (tertiary/aromatic N) is 1. The van der Waals surface area contributed by atoms with E-state index in [1.165, 1.54) is 6.07 Å². The number of rotatable bonds is 9. The van der Waals surface area contributed by atoms with Crippen LogP contribution in [-0.4, -0.2) is 18.0 Å². The molecule has 0 bridgehead atoms. The molecule has 0 fully saturated rings. The Balaban J connectivity index is 1.41. The van der Waals surface area contributed by atoms with Crippen molar-refractivity contribution < 1.29 is 14.0 Å². The summed E-state index contributed by atoms with van der Waals surface area (Å²) in [7, 11) is 0. The van der Waals surface area contributed by atoms with Gasteiger partial charge in [-0.1, -0.05) is 53.6 Å². The van der Waals surface area contributed by atoms with Gasteiger partial charge in [-0.3, -0.25) is 9.59 Å². The van der Waals surface area contributed by atoms with Crippen LogP contribution in [-0.2, 0) is 11.5 Å². The van der Waals surface area contributed by atoms with Crippen molar-refractivity contribution in [2.45, 2.75) is 18.4 Å². The Labute approximate surface area is 218 Å². The topological polar surface area (TPSA) is 83.7 Å². The van der Waals surface area contributed by atoms with Crippen LogP contribution >= 0.6 is 23.4 Å². The van der Waals surface area contributed by atoms with E-state index in [0.29, 0.717) is 16.3 Å². The number of halogens is 1.